The van der Waals surface area contributed by atoms with Gasteiger partial charge in [0.1, 0.15) is 5.56 Å². The highest BCUT2D eigenvalue weighted by Crippen LogP contribution is 2.38. The monoisotopic (exact) mass is 220 g/mol. The smallest absolute Gasteiger partial charge is 0.261 e. The van der Waals surface area contributed by atoms with Crippen molar-refractivity contribution in [2.24, 2.45) is 0 Å². The van der Waals surface area contributed by atoms with E-state index in [1.165, 1.54) is 4.90 Å². The van der Waals surface area contributed by atoms with Crippen molar-refractivity contribution in [3.63, 3.8) is 0 Å². The SMILES string of the molecule is CCN(C)C(=O)c1ccc(C2CC2)[nH]c1=O. The van der Waals surface area contributed by atoms with Gasteiger partial charge in [0.05, 0.1) is 0 Å². The number of H-pyrrole nitrogens is 1. The van der Waals surface area contributed by atoms with E-state index in [2.05, 4.69) is 4.98 Å². The van der Waals surface area contributed by atoms with Gasteiger partial charge in [-0.05, 0) is 37.8 Å². The average molecular weight is 220 g/mol. The predicted octanol–water partition coefficient (Wildman–Crippen LogP) is 1.34. The summed E-state index contributed by atoms with van der Waals surface area (Å²) in [5.41, 5.74) is 0.921. The first-order valence-corrected chi connectivity index (χ1v) is 5.62. The van der Waals surface area contributed by atoms with Crippen molar-refractivity contribution < 1.29 is 4.79 Å². The zero-order chi connectivity index (χ0) is 11.7. The third kappa shape index (κ3) is 2.01. The first-order valence-electron chi connectivity index (χ1n) is 5.62. The van der Waals surface area contributed by atoms with Crippen LogP contribution in [0.1, 0.15) is 41.7 Å². The molecule has 1 aromatic rings. The summed E-state index contributed by atoms with van der Waals surface area (Å²) in [7, 11) is 1.69. The maximum absolute atomic E-state index is 11.8. The van der Waals surface area contributed by atoms with Gasteiger partial charge in [0.25, 0.3) is 11.5 Å². The predicted molar refractivity (Wildman–Crippen MR) is 61.7 cm³/mol. The van der Waals surface area contributed by atoms with E-state index >= 15 is 0 Å². The summed E-state index contributed by atoms with van der Waals surface area (Å²) in [5, 5.41) is 0. The largest absolute Gasteiger partial charge is 0.342 e. The number of nitrogens with one attached hydrogen (secondary N) is 1. The zero-order valence-corrected chi connectivity index (χ0v) is 9.62. The molecule has 2 rings (SSSR count). The average Bonchev–Trinajstić information content (AvgIpc) is 3.10. The lowest BCUT2D eigenvalue weighted by Crippen LogP contribution is -2.31. The van der Waals surface area contributed by atoms with Gasteiger partial charge in [0, 0.05) is 19.3 Å². The van der Waals surface area contributed by atoms with Gasteiger partial charge in [-0.25, -0.2) is 0 Å². The second-order valence-corrected chi connectivity index (χ2v) is 4.25. The number of nitrogens with zero attached hydrogens (tertiary/aromatic N) is 1. The van der Waals surface area contributed by atoms with E-state index in [0.717, 1.165) is 18.5 Å². The highest BCUT2D eigenvalue weighted by atomic mass is 16.2. The van der Waals surface area contributed by atoms with Crippen LogP contribution in [0.3, 0.4) is 0 Å². The quantitative estimate of drug-likeness (QED) is 0.835. The molecule has 0 unspecified atom stereocenters. The summed E-state index contributed by atoms with van der Waals surface area (Å²) in [4.78, 5) is 27.9. The number of rotatable bonds is 3. The van der Waals surface area contributed by atoms with Gasteiger partial charge in [-0.3, -0.25) is 9.59 Å². The Morgan fingerprint density at radius 1 is 1.50 bits per heavy atom. The van der Waals surface area contributed by atoms with Gasteiger partial charge in [0.2, 0.25) is 0 Å². The van der Waals surface area contributed by atoms with Gasteiger partial charge < -0.3 is 9.88 Å². The first-order chi connectivity index (χ1) is 7.63. The van der Waals surface area contributed by atoms with E-state index < -0.39 is 0 Å². The van der Waals surface area contributed by atoms with Crippen LogP contribution in [0.2, 0.25) is 0 Å². The Bertz CT molecular complexity index is 460. The topological polar surface area (TPSA) is 53.2 Å². The van der Waals surface area contributed by atoms with Crippen LogP contribution in [0, 0.1) is 0 Å². The Labute approximate surface area is 94.3 Å². The minimum atomic E-state index is -0.269. The molecule has 0 atom stereocenters. The van der Waals surface area contributed by atoms with Crippen molar-refractivity contribution in [1.82, 2.24) is 9.88 Å². The van der Waals surface area contributed by atoms with Crippen LogP contribution < -0.4 is 5.56 Å². The number of hydrogen-bond acceptors (Lipinski definition) is 2. The molecule has 0 radical (unpaired) electrons. The molecule has 0 saturated heterocycles. The molecule has 1 N–H and O–H groups in total. The molecule has 1 aliphatic rings. The molecule has 1 aliphatic carbocycles. The molecule has 1 heterocycles. The van der Waals surface area contributed by atoms with Gasteiger partial charge in [0.15, 0.2) is 0 Å². The van der Waals surface area contributed by atoms with Crippen LogP contribution >= 0.6 is 0 Å². The van der Waals surface area contributed by atoms with E-state index in [1.807, 2.05) is 13.0 Å². The highest BCUT2D eigenvalue weighted by molar-refractivity contribution is 5.93. The fourth-order valence-electron chi connectivity index (χ4n) is 1.64. The molecule has 4 heteroatoms. The molecule has 16 heavy (non-hydrogen) atoms. The van der Waals surface area contributed by atoms with E-state index in [1.54, 1.807) is 13.1 Å². The van der Waals surface area contributed by atoms with E-state index in [0.29, 0.717) is 12.5 Å². The fourth-order valence-corrected chi connectivity index (χ4v) is 1.64. The number of hydrogen-bond donors (Lipinski definition) is 1. The van der Waals surface area contributed by atoms with Crippen molar-refractivity contribution in [2.45, 2.75) is 25.7 Å². The van der Waals surface area contributed by atoms with Crippen LogP contribution in [-0.2, 0) is 0 Å². The molecule has 0 aromatic carbocycles. The maximum atomic E-state index is 11.8. The number of aromatic amines is 1. The van der Waals surface area contributed by atoms with Gasteiger partial charge in [-0.15, -0.1) is 0 Å². The maximum Gasteiger partial charge on any atom is 0.261 e. The minimum absolute atomic E-state index is 0.217. The van der Waals surface area contributed by atoms with Crippen LogP contribution in [-0.4, -0.2) is 29.4 Å². The van der Waals surface area contributed by atoms with Gasteiger partial charge >= 0.3 is 0 Å². The van der Waals surface area contributed by atoms with Gasteiger partial charge in [-0.1, -0.05) is 0 Å². The lowest BCUT2D eigenvalue weighted by Gasteiger charge is -2.13. The Hall–Kier alpha value is -1.58. The molecular formula is C12H16N2O2. The Kier molecular flexibility index (Phi) is 2.81. The van der Waals surface area contributed by atoms with E-state index in [4.69, 9.17) is 0 Å². The second-order valence-electron chi connectivity index (χ2n) is 4.25. The number of aromatic nitrogens is 1. The summed E-state index contributed by atoms with van der Waals surface area (Å²) in [6, 6.07) is 3.50. The Morgan fingerprint density at radius 3 is 2.69 bits per heavy atom. The molecule has 86 valence electrons. The third-order valence-electron chi connectivity index (χ3n) is 3.00. The highest BCUT2D eigenvalue weighted by Gasteiger charge is 2.25. The lowest BCUT2D eigenvalue weighted by atomic mass is 10.2. The van der Waals surface area contributed by atoms with E-state index in [9.17, 15) is 9.59 Å². The molecule has 0 aliphatic heterocycles. The number of carbonyl (C=O) groups excluding carboxylic acids is 1. The number of pyridine rings is 1. The summed E-state index contributed by atoms with van der Waals surface area (Å²) < 4.78 is 0. The molecule has 0 spiro atoms. The molecule has 1 amide bonds. The normalized spacial score (nSPS) is 14.9. The molecule has 1 fully saturated rings. The molecule has 4 nitrogen and oxygen atoms in total. The summed E-state index contributed by atoms with van der Waals surface area (Å²) in [6.07, 6.45) is 2.27. The fraction of sp³-hybridized carbons (Fsp3) is 0.500. The minimum Gasteiger partial charge on any atom is -0.342 e. The van der Waals surface area contributed by atoms with Crippen LogP contribution in [0.5, 0.6) is 0 Å². The Balaban J connectivity index is 2.28. The standard InChI is InChI=1S/C12H16N2O2/c1-3-14(2)12(16)9-6-7-10(8-4-5-8)13-11(9)15/h6-8H,3-5H2,1-2H3,(H,13,15). The zero-order valence-electron chi connectivity index (χ0n) is 9.62. The van der Waals surface area contributed by atoms with Gasteiger partial charge in [-0.2, -0.15) is 0 Å². The van der Waals surface area contributed by atoms with Crippen molar-refractivity contribution in [3.8, 4) is 0 Å². The van der Waals surface area contributed by atoms with Crippen molar-refractivity contribution in [2.75, 3.05) is 13.6 Å². The first kappa shape index (κ1) is 10.9. The van der Waals surface area contributed by atoms with Crippen LogP contribution in [0.4, 0.5) is 0 Å². The lowest BCUT2D eigenvalue weighted by molar-refractivity contribution is 0.0800. The summed E-state index contributed by atoms with van der Waals surface area (Å²) in [6.45, 7) is 2.48. The van der Waals surface area contributed by atoms with E-state index in [-0.39, 0.29) is 17.0 Å². The molecule has 1 saturated carbocycles. The molecular weight excluding hydrogens is 204 g/mol. The summed E-state index contributed by atoms with van der Waals surface area (Å²) >= 11 is 0. The van der Waals surface area contributed by atoms with Crippen LogP contribution in [0.15, 0.2) is 16.9 Å². The molecule has 0 bridgehead atoms. The number of amides is 1. The third-order valence-corrected chi connectivity index (χ3v) is 3.00. The Morgan fingerprint density at radius 2 is 2.19 bits per heavy atom. The van der Waals surface area contributed by atoms with Crippen molar-refractivity contribution >= 4 is 5.91 Å². The summed E-state index contributed by atoms with van der Waals surface area (Å²) in [5.74, 6) is 0.284. The molecule has 1 aromatic heterocycles. The van der Waals surface area contributed by atoms with Crippen molar-refractivity contribution in [1.29, 1.82) is 0 Å². The van der Waals surface area contributed by atoms with Crippen molar-refractivity contribution in [3.05, 3.63) is 33.7 Å². The number of carbonyl (C=O) groups is 1. The second kappa shape index (κ2) is 4.12. The van der Waals surface area contributed by atoms with Crippen LogP contribution in [0.25, 0.3) is 0 Å².